The molecule has 2 aromatic heterocycles. The number of nitrogens with one attached hydrogen (secondary N) is 1. The Morgan fingerprint density at radius 1 is 1.16 bits per heavy atom. The molecule has 0 spiro atoms. The van der Waals surface area contributed by atoms with Gasteiger partial charge >= 0.3 is 6.18 Å². The highest BCUT2D eigenvalue weighted by Crippen LogP contribution is 2.34. The topological polar surface area (TPSA) is 72.7 Å². The Morgan fingerprint density at radius 3 is 2.68 bits per heavy atom. The summed E-state index contributed by atoms with van der Waals surface area (Å²) in [6.07, 6.45) is -1.11. The van der Waals surface area contributed by atoms with Gasteiger partial charge in [-0.1, -0.05) is 53.2 Å². The van der Waals surface area contributed by atoms with E-state index in [2.05, 4.69) is 27.1 Å². The van der Waals surface area contributed by atoms with Crippen LogP contribution >= 0.6 is 46.3 Å². The Kier molecular flexibility index (Phi) is 8.58. The first-order chi connectivity index (χ1) is 17.7. The maximum Gasteiger partial charge on any atom is 0.416 e. The molecule has 37 heavy (non-hydrogen) atoms. The summed E-state index contributed by atoms with van der Waals surface area (Å²) in [4.78, 5) is 17.4. The Balaban J connectivity index is 1.40. The number of anilines is 1. The van der Waals surface area contributed by atoms with Crippen LogP contribution in [0.5, 0.6) is 0 Å². The molecule has 0 saturated heterocycles. The fraction of sp³-hybridized carbons (Fsp3) is 0.167. The van der Waals surface area contributed by atoms with Crippen molar-refractivity contribution in [2.45, 2.75) is 24.3 Å². The van der Waals surface area contributed by atoms with Crippen molar-refractivity contribution in [2.24, 2.45) is 0 Å². The molecule has 4 rings (SSSR count). The summed E-state index contributed by atoms with van der Waals surface area (Å²) in [6.45, 7) is 4.19. The minimum absolute atomic E-state index is 0.0339. The molecule has 0 aliphatic heterocycles. The van der Waals surface area contributed by atoms with Crippen molar-refractivity contribution < 1.29 is 18.0 Å². The standard InChI is InChI=1S/C24H18Cl2F3N5OS2/c1-2-9-34-21(17-5-3-4-6-19(17)26)32-33-23(34)36-13-20(35)31-22-30-12-16(37-22)11-14-10-15(24(27,28)29)7-8-18(14)25/h2-8,10,12H,1,9,11,13H2,(H,30,31,35). The van der Waals surface area contributed by atoms with Gasteiger partial charge in [-0.15, -0.1) is 28.1 Å². The highest BCUT2D eigenvalue weighted by atomic mass is 35.5. The molecule has 0 aliphatic carbocycles. The van der Waals surface area contributed by atoms with Crippen LogP contribution in [0.15, 0.2) is 66.5 Å². The molecule has 0 atom stereocenters. The molecule has 4 aromatic rings. The number of carbonyl (C=O) groups excluding carboxylic acids is 1. The largest absolute Gasteiger partial charge is 0.416 e. The molecule has 0 saturated carbocycles. The smallest absolute Gasteiger partial charge is 0.301 e. The van der Waals surface area contributed by atoms with Gasteiger partial charge in [-0.25, -0.2) is 4.98 Å². The van der Waals surface area contributed by atoms with Crippen LogP contribution in [0.4, 0.5) is 18.3 Å². The first kappa shape index (κ1) is 27.2. The molecule has 1 amide bonds. The number of rotatable bonds is 9. The number of halogens is 5. The number of hydrogen-bond acceptors (Lipinski definition) is 6. The third-order valence-electron chi connectivity index (χ3n) is 5.01. The minimum atomic E-state index is -4.46. The fourth-order valence-corrected chi connectivity index (χ4v) is 5.34. The van der Waals surface area contributed by atoms with Gasteiger partial charge in [0.25, 0.3) is 0 Å². The number of carbonyl (C=O) groups is 1. The number of benzene rings is 2. The summed E-state index contributed by atoms with van der Waals surface area (Å²) in [7, 11) is 0. The number of thiazole rings is 1. The van der Waals surface area contributed by atoms with Crippen molar-refractivity contribution in [1.82, 2.24) is 19.7 Å². The van der Waals surface area contributed by atoms with Gasteiger partial charge in [0, 0.05) is 34.6 Å². The van der Waals surface area contributed by atoms with Crippen LogP contribution < -0.4 is 5.32 Å². The van der Waals surface area contributed by atoms with Crippen molar-refractivity contribution in [2.75, 3.05) is 11.1 Å². The van der Waals surface area contributed by atoms with Gasteiger partial charge in [0.15, 0.2) is 16.1 Å². The lowest BCUT2D eigenvalue weighted by Gasteiger charge is -2.09. The first-order valence-electron chi connectivity index (χ1n) is 10.7. The molecule has 0 aliphatic rings. The van der Waals surface area contributed by atoms with E-state index in [-0.39, 0.29) is 23.1 Å². The van der Waals surface area contributed by atoms with Crippen molar-refractivity contribution >= 4 is 57.3 Å². The van der Waals surface area contributed by atoms with Crippen LogP contribution in [0, 0.1) is 0 Å². The molecule has 2 heterocycles. The third kappa shape index (κ3) is 6.72. The van der Waals surface area contributed by atoms with E-state index in [0.717, 1.165) is 23.5 Å². The lowest BCUT2D eigenvalue weighted by atomic mass is 10.1. The summed E-state index contributed by atoms with van der Waals surface area (Å²) < 4.78 is 40.9. The molecule has 13 heteroatoms. The van der Waals surface area contributed by atoms with Crippen LogP contribution in [-0.4, -0.2) is 31.4 Å². The number of aromatic nitrogens is 4. The average Bonchev–Trinajstić information content (AvgIpc) is 3.45. The monoisotopic (exact) mass is 583 g/mol. The molecular formula is C24H18Cl2F3N5OS2. The van der Waals surface area contributed by atoms with Gasteiger partial charge in [-0.3, -0.25) is 9.36 Å². The third-order valence-corrected chi connectivity index (χ3v) is 7.59. The van der Waals surface area contributed by atoms with E-state index in [1.54, 1.807) is 12.1 Å². The predicted octanol–water partition coefficient (Wildman–Crippen LogP) is 7.23. The Bertz CT molecular complexity index is 1440. The van der Waals surface area contributed by atoms with Gasteiger partial charge in [-0.2, -0.15) is 13.2 Å². The number of allylic oxidation sites excluding steroid dienone is 1. The number of amides is 1. The second-order valence-corrected chi connectivity index (χ2v) is 10.5. The van der Waals surface area contributed by atoms with Gasteiger partial charge in [0.05, 0.1) is 16.3 Å². The van der Waals surface area contributed by atoms with Gasteiger partial charge < -0.3 is 5.32 Å². The second kappa shape index (κ2) is 11.7. The number of nitrogens with zero attached hydrogens (tertiary/aromatic N) is 4. The summed E-state index contributed by atoms with van der Waals surface area (Å²) in [5.74, 6) is 0.272. The zero-order valence-electron chi connectivity index (χ0n) is 18.9. The second-order valence-electron chi connectivity index (χ2n) is 7.63. The van der Waals surface area contributed by atoms with Crippen LogP contribution in [0.2, 0.25) is 10.0 Å². The maximum atomic E-state index is 13.0. The lowest BCUT2D eigenvalue weighted by Crippen LogP contribution is -2.14. The van der Waals surface area contributed by atoms with Crippen molar-refractivity contribution in [3.05, 3.63) is 87.4 Å². The van der Waals surface area contributed by atoms with E-state index < -0.39 is 11.7 Å². The van der Waals surface area contributed by atoms with Crippen LogP contribution in [0.1, 0.15) is 16.0 Å². The average molecular weight is 584 g/mol. The lowest BCUT2D eigenvalue weighted by molar-refractivity contribution is -0.137. The molecular weight excluding hydrogens is 566 g/mol. The Labute approximate surface area is 228 Å². The summed E-state index contributed by atoms with van der Waals surface area (Å²) in [6, 6.07) is 10.4. The SMILES string of the molecule is C=CCn1c(SCC(=O)Nc2ncc(Cc3cc(C(F)(F)F)ccc3Cl)s2)nnc1-c1ccccc1Cl. The van der Waals surface area contributed by atoms with E-state index >= 15 is 0 Å². The molecule has 2 aromatic carbocycles. The summed E-state index contributed by atoms with van der Waals surface area (Å²) in [5, 5.41) is 12.7. The Morgan fingerprint density at radius 2 is 1.95 bits per heavy atom. The maximum absolute atomic E-state index is 13.0. The van der Waals surface area contributed by atoms with Crippen LogP contribution in [0.3, 0.4) is 0 Å². The molecule has 0 radical (unpaired) electrons. The summed E-state index contributed by atoms with van der Waals surface area (Å²) in [5.41, 5.74) is 0.263. The molecule has 6 nitrogen and oxygen atoms in total. The van der Waals surface area contributed by atoms with E-state index in [9.17, 15) is 18.0 Å². The van der Waals surface area contributed by atoms with E-state index in [0.29, 0.717) is 43.7 Å². The molecule has 0 unspecified atom stereocenters. The first-order valence-corrected chi connectivity index (χ1v) is 13.2. The Hall–Kier alpha value is -2.86. The highest BCUT2D eigenvalue weighted by molar-refractivity contribution is 7.99. The normalized spacial score (nSPS) is 11.5. The van der Waals surface area contributed by atoms with E-state index in [1.165, 1.54) is 24.0 Å². The van der Waals surface area contributed by atoms with Gasteiger partial charge in [0.2, 0.25) is 5.91 Å². The summed E-state index contributed by atoms with van der Waals surface area (Å²) >= 11 is 14.7. The highest BCUT2D eigenvalue weighted by Gasteiger charge is 2.31. The van der Waals surface area contributed by atoms with Crippen LogP contribution in [0.25, 0.3) is 11.4 Å². The molecule has 0 fully saturated rings. The van der Waals surface area contributed by atoms with E-state index in [4.69, 9.17) is 23.2 Å². The molecule has 1 N–H and O–H groups in total. The predicted molar refractivity (Wildman–Crippen MR) is 141 cm³/mol. The zero-order valence-corrected chi connectivity index (χ0v) is 22.1. The van der Waals surface area contributed by atoms with Crippen LogP contribution in [-0.2, 0) is 23.9 Å². The number of alkyl halides is 3. The van der Waals surface area contributed by atoms with Gasteiger partial charge in [0.1, 0.15) is 0 Å². The fourth-order valence-electron chi connectivity index (χ4n) is 3.34. The van der Waals surface area contributed by atoms with Crippen molar-refractivity contribution in [1.29, 1.82) is 0 Å². The minimum Gasteiger partial charge on any atom is -0.301 e. The quantitative estimate of drug-likeness (QED) is 0.166. The molecule has 192 valence electrons. The number of hydrogen-bond donors (Lipinski definition) is 1. The van der Waals surface area contributed by atoms with Gasteiger partial charge in [-0.05, 0) is 35.9 Å². The molecule has 0 bridgehead atoms. The van der Waals surface area contributed by atoms with E-state index in [1.807, 2.05) is 22.8 Å². The number of thioether (sulfide) groups is 1. The zero-order chi connectivity index (χ0) is 26.6. The van der Waals surface area contributed by atoms with Crippen molar-refractivity contribution in [3.8, 4) is 11.4 Å². The van der Waals surface area contributed by atoms with Crippen molar-refractivity contribution in [3.63, 3.8) is 0 Å².